The fraction of sp³-hybridized carbons (Fsp3) is 0.409. The van der Waals surface area contributed by atoms with E-state index in [2.05, 4.69) is 50.4 Å². The van der Waals surface area contributed by atoms with Gasteiger partial charge in [0.05, 0.1) is 6.04 Å². The highest BCUT2D eigenvalue weighted by Crippen LogP contribution is 2.24. The van der Waals surface area contributed by atoms with Crippen LogP contribution in [0.15, 0.2) is 53.4 Å². The number of nitrogens with one attached hydrogen (secondary N) is 1. The van der Waals surface area contributed by atoms with Crippen molar-refractivity contribution in [3.63, 3.8) is 0 Å². The van der Waals surface area contributed by atoms with E-state index in [9.17, 15) is 4.79 Å². The van der Waals surface area contributed by atoms with Gasteiger partial charge in [-0.1, -0.05) is 56.6 Å². The van der Waals surface area contributed by atoms with Crippen LogP contribution in [0.5, 0.6) is 0 Å². The number of carbonyl (C=O) groups is 1. The number of benzene rings is 2. The molecule has 1 atom stereocenters. The van der Waals surface area contributed by atoms with Crippen LogP contribution >= 0.6 is 23.4 Å². The molecule has 26 heavy (non-hydrogen) atoms. The van der Waals surface area contributed by atoms with Crippen LogP contribution in [0.1, 0.15) is 57.7 Å². The van der Waals surface area contributed by atoms with Crippen LogP contribution in [0.2, 0.25) is 5.02 Å². The van der Waals surface area contributed by atoms with Crippen LogP contribution in [0.3, 0.4) is 0 Å². The van der Waals surface area contributed by atoms with E-state index in [1.54, 1.807) is 11.8 Å². The summed E-state index contributed by atoms with van der Waals surface area (Å²) >= 11 is 7.63. The van der Waals surface area contributed by atoms with Crippen molar-refractivity contribution in [3.05, 3.63) is 64.7 Å². The van der Waals surface area contributed by atoms with Gasteiger partial charge in [0.15, 0.2) is 0 Å². The summed E-state index contributed by atoms with van der Waals surface area (Å²) in [5.41, 5.74) is 2.59. The predicted molar refractivity (Wildman–Crippen MR) is 113 cm³/mol. The van der Waals surface area contributed by atoms with E-state index in [1.807, 2.05) is 31.2 Å². The van der Waals surface area contributed by atoms with Gasteiger partial charge in [0.25, 0.3) is 0 Å². The Morgan fingerprint density at radius 1 is 1.08 bits per heavy atom. The number of hydrogen-bond acceptors (Lipinski definition) is 2. The zero-order chi connectivity index (χ0) is 19.2. The van der Waals surface area contributed by atoms with Crippen molar-refractivity contribution >= 4 is 29.3 Å². The average Bonchev–Trinajstić information content (AvgIpc) is 2.59. The fourth-order valence-corrected chi connectivity index (χ4v) is 3.60. The molecule has 1 unspecified atom stereocenters. The van der Waals surface area contributed by atoms with Gasteiger partial charge >= 0.3 is 0 Å². The molecule has 0 fully saturated rings. The zero-order valence-corrected chi connectivity index (χ0v) is 17.6. The van der Waals surface area contributed by atoms with Crippen molar-refractivity contribution in [1.82, 2.24) is 5.32 Å². The van der Waals surface area contributed by atoms with Gasteiger partial charge in [0.1, 0.15) is 0 Å². The van der Waals surface area contributed by atoms with Crippen molar-refractivity contribution in [2.45, 2.75) is 56.9 Å². The van der Waals surface area contributed by atoms with Crippen LogP contribution in [0, 0.1) is 0 Å². The minimum absolute atomic E-state index is 0.0282. The summed E-state index contributed by atoms with van der Waals surface area (Å²) in [4.78, 5) is 13.4. The molecule has 2 aromatic rings. The molecule has 0 saturated heterocycles. The Hall–Kier alpha value is -1.45. The molecule has 0 aliphatic rings. The van der Waals surface area contributed by atoms with Gasteiger partial charge in [-0.15, -0.1) is 11.8 Å². The third kappa shape index (κ3) is 6.69. The number of halogens is 1. The van der Waals surface area contributed by atoms with Gasteiger partial charge < -0.3 is 5.32 Å². The molecule has 0 saturated carbocycles. The minimum Gasteiger partial charge on any atom is -0.350 e. The maximum atomic E-state index is 12.2. The maximum absolute atomic E-state index is 12.2. The topological polar surface area (TPSA) is 29.1 Å². The van der Waals surface area contributed by atoms with Gasteiger partial charge in [-0.05, 0) is 59.9 Å². The fourth-order valence-electron chi connectivity index (χ4n) is 2.62. The molecule has 0 aliphatic carbocycles. The molecule has 2 aromatic carbocycles. The standard InChI is InChI=1S/C22H28ClNOS/c1-16(17-7-9-18(10-8-17)22(2,3)4)24-21(25)6-5-15-26-20-13-11-19(23)12-14-20/h7-14,16H,5-6,15H2,1-4H3,(H,24,25). The summed E-state index contributed by atoms with van der Waals surface area (Å²) in [7, 11) is 0. The normalized spacial score (nSPS) is 12.7. The number of hydrogen-bond donors (Lipinski definition) is 1. The summed E-state index contributed by atoms with van der Waals surface area (Å²) in [5.74, 6) is 1.03. The molecular formula is C22H28ClNOS. The highest BCUT2D eigenvalue weighted by atomic mass is 35.5. The summed E-state index contributed by atoms with van der Waals surface area (Å²) in [5, 5.41) is 3.84. The third-order valence-electron chi connectivity index (χ3n) is 4.28. The second kappa shape index (κ2) is 9.48. The van der Waals surface area contributed by atoms with Gasteiger partial charge in [0.2, 0.25) is 5.91 Å². The lowest BCUT2D eigenvalue weighted by molar-refractivity contribution is -0.121. The summed E-state index contributed by atoms with van der Waals surface area (Å²) < 4.78 is 0. The highest BCUT2D eigenvalue weighted by molar-refractivity contribution is 7.99. The van der Waals surface area contributed by atoms with Crippen molar-refractivity contribution in [1.29, 1.82) is 0 Å². The number of rotatable bonds is 7. The minimum atomic E-state index is 0.0282. The maximum Gasteiger partial charge on any atom is 0.220 e. The van der Waals surface area contributed by atoms with Gasteiger partial charge in [-0.3, -0.25) is 4.79 Å². The first-order valence-corrected chi connectivity index (χ1v) is 10.4. The zero-order valence-electron chi connectivity index (χ0n) is 16.0. The Bertz CT molecular complexity index is 704. The molecule has 2 rings (SSSR count). The van der Waals surface area contributed by atoms with Crippen LogP contribution in [0.4, 0.5) is 0 Å². The molecule has 2 nitrogen and oxygen atoms in total. The van der Waals surface area contributed by atoms with E-state index in [1.165, 1.54) is 10.5 Å². The smallest absolute Gasteiger partial charge is 0.220 e. The second-order valence-corrected chi connectivity index (χ2v) is 9.17. The second-order valence-electron chi connectivity index (χ2n) is 7.57. The SMILES string of the molecule is CC(NC(=O)CCCSc1ccc(Cl)cc1)c1ccc(C(C)(C)C)cc1. The first kappa shape index (κ1) is 20.9. The number of thioether (sulfide) groups is 1. The van der Waals surface area contributed by atoms with Crippen LogP contribution < -0.4 is 5.32 Å². The Kier molecular flexibility index (Phi) is 7.60. The monoisotopic (exact) mass is 389 g/mol. The van der Waals surface area contributed by atoms with Crippen molar-refractivity contribution in [2.75, 3.05) is 5.75 Å². The van der Waals surface area contributed by atoms with Crippen LogP contribution in [-0.4, -0.2) is 11.7 Å². The molecule has 0 aliphatic heterocycles. The first-order valence-electron chi connectivity index (χ1n) is 9.04. The molecular weight excluding hydrogens is 362 g/mol. The molecule has 0 bridgehead atoms. The van der Waals surface area contributed by atoms with Crippen LogP contribution in [-0.2, 0) is 10.2 Å². The highest BCUT2D eigenvalue weighted by Gasteiger charge is 2.14. The van der Waals surface area contributed by atoms with E-state index in [0.29, 0.717) is 6.42 Å². The Labute approximate surface area is 166 Å². The van der Waals surface area contributed by atoms with Gasteiger partial charge in [-0.2, -0.15) is 0 Å². The Balaban J connectivity index is 1.73. The Morgan fingerprint density at radius 2 is 1.69 bits per heavy atom. The van der Waals surface area contributed by atoms with E-state index in [0.717, 1.165) is 22.8 Å². The lowest BCUT2D eigenvalue weighted by atomic mass is 9.86. The molecule has 0 heterocycles. The summed E-state index contributed by atoms with van der Waals surface area (Å²) in [6, 6.07) is 16.4. The number of carbonyl (C=O) groups excluding carboxylic acids is 1. The molecule has 0 spiro atoms. The summed E-state index contributed by atoms with van der Waals surface area (Å²) in [6.45, 7) is 8.65. The molecule has 0 aromatic heterocycles. The van der Waals surface area contributed by atoms with Gasteiger partial charge in [-0.25, -0.2) is 0 Å². The van der Waals surface area contributed by atoms with E-state index in [-0.39, 0.29) is 17.4 Å². The van der Waals surface area contributed by atoms with E-state index >= 15 is 0 Å². The van der Waals surface area contributed by atoms with Crippen molar-refractivity contribution in [3.8, 4) is 0 Å². The lowest BCUT2D eigenvalue weighted by Crippen LogP contribution is -2.26. The molecule has 1 amide bonds. The molecule has 4 heteroatoms. The van der Waals surface area contributed by atoms with Crippen molar-refractivity contribution in [2.24, 2.45) is 0 Å². The van der Waals surface area contributed by atoms with E-state index in [4.69, 9.17) is 11.6 Å². The lowest BCUT2D eigenvalue weighted by Gasteiger charge is -2.20. The third-order valence-corrected chi connectivity index (χ3v) is 5.64. The van der Waals surface area contributed by atoms with E-state index < -0.39 is 0 Å². The molecule has 140 valence electrons. The van der Waals surface area contributed by atoms with Crippen LogP contribution in [0.25, 0.3) is 0 Å². The largest absolute Gasteiger partial charge is 0.350 e. The quantitative estimate of drug-likeness (QED) is 0.439. The number of amides is 1. The van der Waals surface area contributed by atoms with Crippen molar-refractivity contribution < 1.29 is 4.79 Å². The average molecular weight is 390 g/mol. The first-order chi connectivity index (χ1) is 12.3. The molecule has 1 N–H and O–H groups in total. The Morgan fingerprint density at radius 3 is 2.27 bits per heavy atom. The molecule has 0 radical (unpaired) electrons. The summed E-state index contributed by atoms with van der Waals surface area (Å²) in [6.07, 6.45) is 1.40. The predicted octanol–water partition coefficient (Wildman–Crippen LogP) is 6.39. The van der Waals surface area contributed by atoms with Gasteiger partial charge in [0, 0.05) is 16.3 Å².